The number of hydrogen-bond acceptors (Lipinski definition) is 2. The molecule has 0 bridgehead atoms. The van der Waals surface area contributed by atoms with Crippen molar-refractivity contribution in [3.8, 4) is 0 Å². The van der Waals surface area contributed by atoms with Crippen LogP contribution < -0.4 is 16.0 Å². The van der Waals surface area contributed by atoms with E-state index in [0.717, 1.165) is 32.0 Å². The predicted octanol–water partition coefficient (Wildman–Crippen LogP) is 1.08. The van der Waals surface area contributed by atoms with Gasteiger partial charge in [0.25, 0.3) is 0 Å². The fraction of sp³-hybridized carbons (Fsp3) is 0.909. The van der Waals surface area contributed by atoms with Gasteiger partial charge < -0.3 is 16.0 Å². The minimum Gasteiger partial charge on any atom is -0.338 e. The zero-order chi connectivity index (χ0) is 11.3. The second kappa shape index (κ2) is 5.35. The number of nitrogens with one attached hydrogen (secondary N) is 3. The normalized spacial score (nSPS) is 21.4. The molecule has 4 nitrogen and oxygen atoms in total. The van der Waals surface area contributed by atoms with Crippen LogP contribution in [0.2, 0.25) is 0 Å². The molecule has 2 amide bonds. The van der Waals surface area contributed by atoms with Gasteiger partial charge in [0.15, 0.2) is 0 Å². The summed E-state index contributed by atoms with van der Waals surface area (Å²) in [4.78, 5) is 11.4. The minimum absolute atomic E-state index is 0.0616. The van der Waals surface area contributed by atoms with Crippen molar-refractivity contribution in [2.75, 3.05) is 19.6 Å². The van der Waals surface area contributed by atoms with Crippen molar-refractivity contribution in [2.45, 2.75) is 39.2 Å². The molecule has 88 valence electrons. The van der Waals surface area contributed by atoms with Crippen LogP contribution in [0.15, 0.2) is 0 Å². The first kappa shape index (κ1) is 12.3. The molecule has 0 aromatic rings. The van der Waals surface area contributed by atoms with Crippen LogP contribution in [-0.2, 0) is 0 Å². The summed E-state index contributed by atoms with van der Waals surface area (Å²) in [7, 11) is 0. The monoisotopic (exact) mass is 213 g/mol. The molecule has 0 aromatic carbocycles. The zero-order valence-corrected chi connectivity index (χ0v) is 10.0. The van der Waals surface area contributed by atoms with Crippen molar-refractivity contribution in [3.05, 3.63) is 0 Å². The quantitative estimate of drug-likeness (QED) is 0.657. The van der Waals surface area contributed by atoms with Crippen LogP contribution in [0.25, 0.3) is 0 Å². The number of carbonyl (C=O) groups is 1. The summed E-state index contributed by atoms with van der Waals surface area (Å²) in [6.45, 7) is 8.93. The number of hydrogen-bond donors (Lipinski definition) is 3. The molecular weight excluding hydrogens is 190 g/mol. The Kier molecular flexibility index (Phi) is 4.39. The lowest BCUT2D eigenvalue weighted by Crippen LogP contribution is -2.46. The third-order valence-electron chi connectivity index (χ3n) is 2.49. The Balaban J connectivity index is 2.06. The Hall–Kier alpha value is -0.770. The highest BCUT2D eigenvalue weighted by Crippen LogP contribution is 2.10. The summed E-state index contributed by atoms with van der Waals surface area (Å²) < 4.78 is 0. The summed E-state index contributed by atoms with van der Waals surface area (Å²) in [6.07, 6.45) is 2.31. The van der Waals surface area contributed by atoms with Crippen molar-refractivity contribution in [1.29, 1.82) is 0 Å². The molecule has 0 aromatic heterocycles. The summed E-state index contributed by atoms with van der Waals surface area (Å²) in [6, 6.07) is -0.0616. The van der Waals surface area contributed by atoms with E-state index in [1.807, 2.05) is 20.8 Å². The van der Waals surface area contributed by atoms with Crippen molar-refractivity contribution in [3.63, 3.8) is 0 Å². The molecule has 0 spiro atoms. The summed E-state index contributed by atoms with van der Waals surface area (Å²) in [5.74, 6) is 0.736. The molecule has 1 aliphatic heterocycles. The molecule has 0 radical (unpaired) electrons. The van der Waals surface area contributed by atoms with Crippen LogP contribution in [0.1, 0.15) is 33.6 Å². The molecule has 3 N–H and O–H groups in total. The van der Waals surface area contributed by atoms with Crippen LogP contribution in [-0.4, -0.2) is 31.2 Å². The van der Waals surface area contributed by atoms with Gasteiger partial charge in [-0.2, -0.15) is 0 Å². The number of urea groups is 1. The van der Waals surface area contributed by atoms with Gasteiger partial charge in [0.2, 0.25) is 0 Å². The highest BCUT2D eigenvalue weighted by atomic mass is 16.2. The van der Waals surface area contributed by atoms with E-state index in [4.69, 9.17) is 0 Å². The van der Waals surface area contributed by atoms with E-state index in [2.05, 4.69) is 16.0 Å². The first-order valence-electron chi connectivity index (χ1n) is 5.74. The zero-order valence-electron chi connectivity index (χ0n) is 10.0. The van der Waals surface area contributed by atoms with Gasteiger partial charge in [0.05, 0.1) is 0 Å². The smallest absolute Gasteiger partial charge is 0.315 e. The number of carbonyl (C=O) groups excluding carboxylic acids is 1. The molecule has 1 aliphatic rings. The third kappa shape index (κ3) is 5.62. The van der Waals surface area contributed by atoms with Crippen LogP contribution in [0.5, 0.6) is 0 Å². The van der Waals surface area contributed by atoms with Gasteiger partial charge in [-0.3, -0.25) is 0 Å². The molecule has 1 unspecified atom stereocenters. The number of amides is 2. The topological polar surface area (TPSA) is 53.2 Å². The Morgan fingerprint density at radius 3 is 2.73 bits per heavy atom. The van der Waals surface area contributed by atoms with Crippen LogP contribution in [0.4, 0.5) is 4.79 Å². The van der Waals surface area contributed by atoms with Gasteiger partial charge in [-0.15, -0.1) is 0 Å². The van der Waals surface area contributed by atoms with E-state index in [1.54, 1.807) is 0 Å². The Labute approximate surface area is 92.2 Å². The van der Waals surface area contributed by atoms with E-state index in [9.17, 15) is 4.79 Å². The van der Waals surface area contributed by atoms with Crippen LogP contribution >= 0.6 is 0 Å². The second-order valence-electron chi connectivity index (χ2n) is 5.28. The first-order valence-corrected chi connectivity index (χ1v) is 5.74. The SMILES string of the molecule is CC(C)(C)NC(=O)NCCC1CCNC1. The number of rotatable bonds is 3. The van der Waals surface area contributed by atoms with Gasteiger partial charge >= 0.3 is 6.03 Å². The van der Waals surface area contributed by atoms with E-state index in [1.165, 1.54) is 6.42 Å². The van der Waals surface area contributed by atoms with Crippen molar-refractivity contribution in [1.82, 2.24) is 16.0 Å². The highest BCUT2D eigenvalue weighted by molar-refractivity contribution is 5.74. The molecule has 1 heterocycles. The highest BCUT2D eigenvalue weighted by Gasteiger charge is 2.15. The Morgan fingerprint density at radius 2 is 2.20 bits per heavy atom. The molecule has 1 rings (SSSR count). The Bertz CT molecular complexity index is 204. The standard InChI is InChI=1S/C11H23N3O/c1-11(2,3)14-10(15)13-7-5-9-4-6-12-8-9/h9,12H,4-8H2,1-3H3,(H2,13,14,15). The van der Waals surface area contributed by atoms with E-state index in [0.29, 0.717) is 0 Å². The summed E-state index contributed by atoms with van der Waals surface area (Å²) in [5.41, 5.74) is -0.154. The van der Waals surface area contributed by atoms with Gasteiger partial charge in [0, 0.05) is 12.1 Å². The van der Waals surface area contributed by atoms with Gasteiger partial charge in [-0.25, -0.2) is 4.79 Å². The molecule has 4 heteroatoms. The van der Waals surface area contributed by atoms with Crippen LogP contribution in [0, 0.1) is 5.92 Å². The van der Waals surface area contributed by atoms with Crippen molar-refractivity contribution in [2.24, 2.45) is 5.92 Å². The molecule has 1 fully saturated rings. The molecule has 1 saturated heterocycles. The minimum atomic E-state index is -0.154. The average molecular weight is 213 g/mol. The lowest BCUT2D eigenvalue weighted by atomic mass is 10.1. The van der Waals surface area contributed by atoms with Crippen molar-refractivity contribution < 1.29 is 4.79 Å². The maximum Gasteiger partial charge on any atom is 0.315 e. The molecule has 15 heavy (non-hydrogen) atoms. The van der Waals surface area contributed by atoms with Gasteiger partial charge in [0.1, 0.15) is 0 Å². The molecule has 1 atom stereocenters. The average Bonchev–Trinajstić information content (AvgIpc) is 2.53. The lowest BCUT2D eigenvalue weighted by Gasteiger charge is -2.21. The predicted molar refractivity (Wildman–Crippen MR) is 61.9 cm³/mol. The van der Waals surface area contributed by atoms with Crippen molar-refractivity contribution >= 4 is 6.03 Å². The molecule has 0 saturated carbocycles. The van der Waals surface area contributed by atoms with E-state index >= 15 is 0 Å². The molecular formula is C11H23N3O. The Morgan fingerprint density at radius 1 is 1.47 bits per heavy atom. The van der Waals surface area contributed by atoms with Gasteiger partial charge in [-0.05, 0) is 52.6 Å². The van der Waals surface area contributed by atoms with E-state index in [-0.39, 0.29) is 11.6 Å². The lowest BCUT2D eigenvalue weighted by molar-refractivity contribution is 0.231. The first-order chi connectivity index (χ1) is 6.97. The van der Waals surface area contributed by atoms with Crippen LogP contribution in [0.3, 0.4) is 0 Å². The van der Waals surface area contributed by atoms with Gasteiger partial charge in [-0.1, -0.05) is 0 Å². The molecule has 0 aliphatic carbocycles. The summed E-state index contributed by atoms with van der Waals surface area (Å²) in [5, 5.41) is 9.09. The maximum atomic E-state index is 11.4. The maximum absolute atomic E-state index is 11.4. The third-order valence-corrected chi connectivity index (χ3v) is 2.49. The fourth-order valence-electron chi connectivity index (χ4n) is 1.74. The fourth-order valence-corrected chi connectivity index (χ4v) is 1.74. The summed E-state index contributed by atoms with van der Waals surface area (Å²) >= 11 is 0. The second-order valence-corrected chi connectivity index (χ2v) is 5.28. The van der Waals surface area contributed by atoms with E-state index < -0.39 is 0 Å². The largest absolute Gasteiger partial charge is 0.338 e.